The summed E-state index contributed by atoms with van der Waals surface area (Å²) in [7, 11) is 0. The van der Waals surface area contributed by atoms with Crippen LogP contribution in [0.2, 0.25) is 0 Å². The zero-order valence-electron chi connectivity index (χ0n) is 12.4. The van der Waals surface area contributed by atoms with E-state index in [1.54, 1.807) is 11.0 Å². The van der Waals surface area contributed by atoms with Crippen molar-refractivity contribution >= 4 is 5.91 Å². The molecule has 0 bridgehead atoms. The minimum atomic E-state index is -0.660. The van der Waals surface area contributed by atoms with Crippen molar-refractivity contribution in [1.82, 2.24) is 10.1 Å². The van der Waals surface area contributed by atoms with Crippen molar-refractivity contribution in [2.24, 2.45) is 0 Å². The van der Waals surface area contributed by atoms with E-state index in [1.807, 2.05) is 0 Å². The normalized spacial score (nSPS) is 18.2. The molecule has 1 aromatic heterocycles. The molecule has 1 aliphatic rings. The van der Waals surface area contributed by atoms with Gasteiger partial charge in [-0.15, -0.1) is 0 Å². The number of halogens is 2. The first-order valence-corrected chi connectivity index (χ1v) is 7.37. The van der Waals surface area contributed by atoms with Crippen LogP contribution in [0.4, 0.5) is 8.78 Å². The van der Waals surface area contributed by atoms with Crippen molar-refractivity contribution in [2.75, 3.05) is 19.7 Å². The summed E-state index contributed by atoms with van der Waals surface area (Å²) in [5.41, 5.74) is 0.980. The van der Waals surface area contributed by atoms with E-state index in [0.717, 1.165) is 6.07 Å². The Bertz CT molecular complexity index is 676. The van der Waals surface area contributed by atoms with Gasteiger partial charge < -0.3 is 14.2 Å². The molecule has 1 aromatic carbocycles. The second-order valence-corrected chi connectivity index (χ2v) is 5.36. The van der Waals surface area contributed by atoms with E-state index in [2.05, 4.69) is 5.16 Å². The largest absolute Gasteiger partial charge is 0.370 e. The predicted octanol–water partition coefficient (Wildman–Crippen LogP) is 2.49. The second-order valence-electron chi connectivity index (χ2n) is 5.36. The number of hydrogen-bond donors (Lipinski definition) is 0. The fourth-order valence-corrected chi connectivity index (χ4v) is 2.59. The number of benzene rings is 1. The van der Waals surface area contributed by atoms with Crippen LogP contribution in [0.5, 0.6) is 0 Å². The van der Waals surface area contributed by atoms with Crippen LogP contribution in [0, 0.1) is 11.6 Å². The molecule has 0 radical (unpaired) electrons. The molecular formula is C16H16F2N2O3. The van der Waals surface area contributed by atoms with Gasteiger partial charge >= 0.3 is 0 Å². The highest BCUT2D eigenvalue weighted by Crippen LogP contribution is 2.25. The quantitative estimate of drug-likeness (QED) is 0.868. The molecule has 0 saturated carbocycles. The highest BCUT2D eigenvalue weighted by Gasteiger charge is 2.27. The van der Waals surface area contributed by atoms with E-state index in [1.165, 1.54) is 18.4 Å². The maximum Gasteiger partial charge on any atom is 0.223 e. The van der Waals surface area contributed by atoms with Crippen molar-refractivity contribution in [2.45, 2.75) is 18.9 Å². The third kappa shape index (κ3) is 3.73. The third-order valence-corrected chi connectivity index (χ3v) is 3.81. The second kappa shape index (κ2) is 6.87. The van der Waals surface area contributed by atoms with Crippen molar-refractivity contribution in [3.63, 3.8) is 0 Å². The van der Waals surface area contributed by atoms with Gasteiger partial charge in [0, 0.05) is 37.1 Å². The highest BCUT2D eigenvalue weighted by molar-refractivity contribution is 5.76. The molecule has 0 spiro atoms. The molecule has 2 heterocycles. The minimum absolute atomic E-state index is 0.0520. The van der Waals surface area contributed by atoms with Gasteiger partial charge in [0.1, 0.15) is 24.0 Å². The number of hydrogen-bond acceptors (Lipinski definition) is 4. The number of carbonyl (C=O) groups excluding carboxylic acids is 1. The van der Waals surface area contributed by atoms with Gasteiger partial charge in [-0.1, -0.05) is 11.2 Å². The Balaban J connectivity index is 1.62. The molecule has 1 amide bonds. The topological polar surface area (TPSA) is 55.6 Å². The molecule has 3 rings (SSSR count). The number of amides is 1. The van der Waals surface area contributed by atoms with Crippen LogP contribution in [-0.2, 0) is 16.0 Å². The van der Waals surface area contributed by atoms with Crippen LogP contribution in [-0.4, -0.2) is 35.7 Å². The molecule has 7 heteroatoms. The molecule has 1 atom stereocenters. The molecule has 5 nitrogen and oxygen atoms in total. The zero-order chi connectivity index (χ0) is 16.2. The molecule has 1 saturated heterocycles. The Kier molecular flexibility index (Phi) is 4.66. The Hall–Kier alpha value is -2.28. The average molecular weight is 322 g/mol. The predicted molar refractivity (Wildman–Crippen MR) is 76.5 cm³/mol. The molecule has 0 N–H and O–H groups in total. The lowest BCUT2D eigenvalue weighted by molar-refractivity contribution is -0.139. The smallest absolute Gasteiger partial charge is 0.223 e. The molecule has 1 aliphatic heterocycles. The van der Waals surface area contributed by atoms with Crippen LogP contribution < -0.4 is 0 Å². The van der Waals surface area contributed by atoms with E-state index < -0.39 is 17.7 Å². The van der Waals surface area contributed by atoms with Gasteiger partial charge in [-0.05, 0) is 6.07 Å². The van der Waals surface area contributed by atoms with E-state index in [4.69, 9.17) is 9.26 Å². The van der Waals surface area contributed by atoms with E-state index >= 15 is 0 Å². The van der Waals surface area contributed by atoms with Gasteiger partial charge in [0.15, 0.2) is 0 Å². The molecule has 0 aliphatic carbocycles. The van der Waals surface area contributed by atoms with Crippen molar-refractivity contribution < 1.29 is 22.8 Å². The van der Waals surface area contributed by atoms with Gasteiger partial charge in [-0.2, -0.15) is 0 Å². The summed E-state index contributed by atoms with van der Waals surface area (Å²) >= 11 is 0. The molecule has 2 aromatic rings. The van der Waals surface area contributed by atoms with Crippen LogP contribution in [0.25, 0.3) is 0 Å². The summed E-state index contributed by atoms with van der Waals surface area (Å²) in [5.74, 6) is -1.35. The first kappa shape index (κ1) is 15.6. The Labute approximate surface area is 131 Å². The fraction of sp³-hybridized carbons (Fsp3) is 0.375. The van der Waals surface area contributed by atoms with E-state index in [9.17, 15) is 13.6 Å². The Morgan fingerprint density at radius 2 is 2.22 bits per heavy atom. The molecule has 23 heavy (non-hydrogen) atoms. The van der Waals surface area contributed by atoms with Crippen LogP contribution >= 0.6 is 0 Å². The number of carbonyl (C=O) groups is 1. The molecule has 1 fully saturated rings. The number of ether oxygens (including phenoxy) is 1. The van der Waals surface area contributed by atoms with Gasteiger partial charge in [0.2, 0.25) is 5.91 Å². The lowest BCUT2D eigenvalue weighted by Crippen LogP contribution is -2.42. The minimum Gasteiger partial charge on any atom is -0.370 e. The molecule has 1 unspecified atom stereocenters. The van der Waals surface area contributed by atoms with E-state index in [0.29, 0.717) is 31.7 Å². The summed E-state index contributed by atoms with van der Waals surface area (Å²) in [6.07, 6.45) is 1.66. The fourth-order valence-electron chi connectivity index (χ4n) is 2.59. The number of aromatic nitrogens is 1. The lowest BCUT2D eigenvalue weighted by Gasteiger charge is -2.33. The third-order valence-electron chi connectivity index (χ3n) is 3.81. The monoisotopic (exact) mass is 322 g/mol. The van der Waals surface area contributed by atoms with Crippen LogP contribution in [0.3, 0.4) is 0 Å². The SMILES string of the molecule is O=C(CCc1ccon1)N1CCOC(c2ccc(F)cc2F)C1. The number of morpholine rings is 1. The van der Waals surface area contributed by atoms with Crippen molar-refractivity contribution in [3.8, 4) is 0 Å². The summed E-state index contributed by atoms with van der Waals surface area (Å²) in [5, 5.41) is 3.76. The first-order chi connectivity index (χ1) is 11.1. The van der Waals surface area contributed by atoms with Gasteiger partial charge in [0.25, 0.3) is 0 Å². The van der Waals surface area contributed by atoms with Crippen LogP contribution in [0.1, 0.15) is 23.8 Å². The summed E-state index contributed by atoms with van der Waals surface area (Å²) in [6, 6.07) is 5.08. The average Bonchev–Trinajstić information content (AvgIpc) is 3.06. The van der Waals surface area contributed by atoms with E-state index in [-0.39, 0.29) is 18.0 Å². The zero-order valence-corrected chi connectivity index (χ0v) is 12.4. The standard InChI is InChI=1S/C16H16F2N2O3/c17-11-1-3-13(14(18)9-11)15-10-20(6-8-22-15)16(21)4-2-12-5-7-23-19-12/h1,3,5,7,9,15H,2,4,6,8,10H2. The number of nitrogens with zero attached hydrogens (tertiary/aromatic N) is 2. The van der Waals surface area contributed by atoms with Crippen LogP contribution in [0.15, 0.2) is 35.1 Å². The maximum atomic E-state index is 13.9. The van der Waals surface area contributed by atoms with Gasteiger partial charge in [-0.3, -0.25) is 4.79 Å². The maximum absolute atomic E-state index is 13.9. The first-order valence-electron chi connectivity index (χ1n) is 7.37. The van der Waals surface area contributed by atoms with Crippen molar-refractivity contribution in [3.05, 3.63) is 53.4 Å². The Morgan fingerprint density at radius 1 is 1.35 bits per heavy atom. The summed E-state index contributed by atoms with van der Waals surface area (Å²) in [4.78, 5) is 13.9. The summed E-state index contributed by atoms with van der Waals surface area (Å²) in [6.45, 7) is 1.02. The number of aryl methyl sites for hydroxylation is 1. The Morgan fingerprint density at radius 3 is 2.96 bits per heavy atom. The molecule has 122 valence electrons. The highest BCUT2D eigenvalue weighted by atomic mass is 19.1. The van der Waals surface area contributed by atoms with Gasteiger partial charge in [-0.25, -0.2) is 8.78 Å². The molecular weight excluding hydrogens is 306 g/mol. The lowest BCUT2D eigenvalue weighted by atomic mass is 10.1. The van der Waals surface area contributed by atoms with Gasteiger partial charge in [0.05, 0.1) is 18.8 Å². The number of rotatable bonds is 4. The summed E-state index contributed by atoms with van der Waals surface area (Å²) < 4.78 is 37.1. The van der Waals surface area contributed by atoms with Crippen molar-refractivity contribution in [1.29, 1.82) is 0 Å².